The third-order valence-electron chi connectivity index (χ3n) is 3.61. The highest BCUT2D eigenvalue weighted by Gasteiger charge is 2.13. The SMILES string of the molecule is CC(Nc1ccc([N+](=O)[O-])cc1F)c1ccc(-n2cncn2)cc1. The van der Waals surface area contributed by atoms with Gasteiger partial charge in [0.1, 0.15) is 12.7 Å². The molecular formula is C16H14FN5O2. The van der Waals surface area contributed by atoms with Gasteiger partial charge in [-0.2, -0.15) is 5.10 Å². The Morgan fingerprint density at radius 3 is 2.58 bits per heavy atom. The molecule has 3 aromatic rings. The zero-order valence-electron chi connectivity index (χ0n) is 12.8. The van der Waals surface area contributed by atoms with Crippen molar-refractivity contribution in [3.05, 3.63) is 76.6 Å². The number of anilines is 1. The van der Waals surface area contributed by atoms with Gasteiger partial charge in [-0.15, -0.1) is 0 Å². The summed E-state index contributed by atoms with van der Waals surface area (Å²) in [5.74, 6) is -0.657. The average Bonchev–Trinajstić information content (AvgIpc) is 3.11. The lowest BCUT2D eigenvalue weighted by molar-refractivity contribution is -0.385. The van der Waals surface area contributed by atoms with Crippen molar-refractivity contribution in [3.63, 3.8) is 0 Å². The predicted octanol–water partition coefficient (Wildman–Crippen LogP) is 3.49. The third kappa shape index (κ3) is 3.22. The number of aromatic nitrogens is 3. The summed E-state index contributed by atoms with van der Waals surface area (Å²) >= 11 is 0. The van der Waals surface area contributed by atoms with Gasteiger partial charge in [0.25, 0.3) is 5.69 Å². The summed E-state index contributed by atoms with van der Waals surface area (Å²) in [6.07, 6.45) is 3.05. The van der Waals surface area contributed by atoms with Crippen molar-refractivity contribution in [2.45, 2.75) is 13.0 Å². The molecule has 1 unspecified atom stereocenters. The highest BCUT2D eigenvalue weighted by molar-refractivity contribution is 5.51. The first-order valence-corrected chi connectivity index (χ1v) is 7.20. The zero-order chi connectivity index (χ0) is 17.1. The Bertz CT molecular complexity index is 849. The molecule has 7 nitrogen and oxygen atoms in total. The average molecular weight is 327 g/mol. The van der Waals surface area contributed by atoms with Crippen molar-refractivity contribution in [3.8, 4) is 5.69 Å². The summed E-state index contributed by atoms with van der Waals surface area (Å²) in [4.78, 5) is 13.9. The molecule has 3 rings (SSSR count). The smallest absolute Gasteiger partial charge is 0.272 e. The number of halogens is 1. The van der Waals surface area contributed by atoms with E-state index in [0.717, 1.165) is 17.3 Å². The van der Waals surface area contributed by atoms with Gasteiger partial charge in [-0.3, -0.25) is 10.1 Å². The van der Waals surface area contributed by atoms with E-state index in [0.29, 0.717) is 0 Å². The summed E-state index contributed by atoms with van der Waals surface area (Å²) in [5, 5.41) is 17.7. The Kier molecular flexibility index (Phi) is 4.19. The fourth-order valence-corrected chi connectivity index (χ4v) is 2.31. The molecule has 0 saturated carbocycles. The monoisotopic (exact) mass is 327 g/mol. The number of non-ortho nitro benzene ring substituents is 1. The molecule has 8 heteroatoms. The normalized spacial score (nSPS) is 11.9. The lowest BCUT2D eigenvalue weighted by Crippen LogP contribution is -2.08. The standard InChI is InChI=1S/C16H14FN5O2/c1-11(20-16-7-6-14(22(23)24)8-15(16)17)12-2-4-13(5-3-12)21-10-18-9-19-21/h2-11,20H,1H3. The summed E-state index contributed by atoms with van der Waals surface area (Å²) in [7, 11) is 0. The molecule has 0 aliphatic carbocycles. The summed E-state index contributed by atoms with van der Waals surface area (Å²) in [6, 6.07) is 10.9. The first kappa shape index (κ1) is 15.6. The van der Waals surface area contributed by atoms with E-state index in [1.807, 2.05) is 31.2 Å². The largest absolute Gasteiger partial charge is 0.376 e. The van der Waals surface area contributed by atoms with Crippen LogP contribution in [0.4, 0.5) is 15.8 Å². The molecule has 24 heavy (non-hydrogen) atoms. The lowest BCUT2D eigenvalue weighted by Gasteiger charge is -2.16. The molecule has 1 heterocycles. The molecule has 1 atom stereocenters. The van der Waals surface area contributed by atoms with Crippen molar-refractivity contribution in [1.82, 2.24) is 14.8 Å². The second-order valence-corrected chi connectivity index (χ2v) is 5.22. The van der Waals surface area contributed by atoms with Gasteiger partial charge in [0.2, 0.25) is 0 Å². The minimum Gasteiger partial charge on any atom is -0.376 e. The molecule has 1 N–H and O–H groups in total. The number of hydrogen-bond acceptors (Lipinski definition) is 5. The number of nitrogens with one attached hydrogen (secondary N) is 1. The van der Waals surface area contributed by atoms with Crippen LogP contribution >= 0.6 is 0 Å². The van der Waals surface area contributed by atoms with Crippen LogP contribution in [-0.2, 0) is 0 Å². The number of rotatable bonds is 5. The Morgan fingerprint density at radius 2 is 2.00 bits per heavy atom. The quantitative estimate of drug-likeness (QED) is 0.572. The van der Waals surface area contributed by atoms with Gasteiger partial charge >= 0.3 is 0 Å². The first-order chi connectivity index (χ1) is 11.5. The van der Waals surface area contributed by atoms with E-state index in [9.17, 15) is 14.5 Å². The molecule has 0 spiro atoms. The van der Waals surface area contributed by atoms with Crippen LogP contribution in [0, 0.1) is 15.9 Å². The van der Waals surface area contributed by atoms with Gasteiger partial charge in [0.15, 0.2) is 5.82 Å². The van der Waals surface area contributed by atoms with Crippen LogP contribution in [0.3, 0.4) is 0 Å². The highest BCUT2D eigenvalue weighted by Crippen LogP contribution is 2.25. The minimum atomic E-state index is -0.657. The number of nitrogens with zero attached hydrogens (tertiary/aromatic N) is 4. The fraction of sp³-hybridized carbons (Fsp3) is 0.125. The van der Waals surface area contributed by atoms with E-state index in [4.69, 9.17) is 0 Å². The number of nitro benzene ring substituents is 1. The number of nitro groups is 1. The van der Waals surface area contributed by atoms with Crippen molar-refractivity contribution in [1.29, 1.82) is 0 Å². The van der Waals surface area contributed by atoms with Crippen LogP contribution < -0.4 is 5.32 Å². The second kappa shape index (κ2) is 6.45. The molecule has 0 radical (unpaired) electrons. The Labute approximate surface area is 136 Å². The van der Waals surface area contributed by atoms with Gasteiger partial charge in [0.05, 0.1) is 22.4 Å². The van der Waals surface area contributed by atoms with Crippen LogP contribution in [0.15, 0.2) is 55.1 Å². The van der Waals surface area contributed by atoms with E-state index in [2.05, 4.69) is 15.4 Å². The van der Waals surface area contributed by atoms with Gasteiger partial charge in [-0.25, -0.2) is 14.1 Å². The molecule has 0 amide bonds. The molecule has 0 fully saturated rings. The number of hydrogen-bond donors (Lipinski definition) is 1. The number of benzene rings is 2. The minimum absolute atomic E-state index is 0.175. The van der Waals surface area contributed by atoms with Crippen molar-refractivity contribution in [2.75, 3.05) is 5.32 Å². The fourth-order valence-electron chi connectivity index (χ4n) is 2.31. The van der Waals surface area contributed by atoms with Crippen LogP contribution in [0.1, 0.15) is 18.5 Å². The van der Waals surface area contributed by atoms with Crippen LogP contribution in [0.25, 0.3) is 5.69 Å². The molecule has 0 bridgehead atoms. The molecule has 0 aliphatic rings. The lowest BCUT2D eigenvalue weighted by atomic mass is 10.1. The molecule has 122 valence electrons. The molecule has 2 aromatic carbocycles. The van der Waals surface area contributed by atoms with E-state index < -0.39 is 10.7 Å². The van der Waals surface area contributed by atoms with Gasteiger partial charge < -0.3 is 5.32 Å². The highest BCUT2D eigenvalue weighted by atomic mass is 19.1. The molecule has 0 saturated heterocycles. The summed E-state index contributed by atoms with van der Waals surface area (Å²) in [5.41, 5.74) is 1.75. The summed E-state index contributed by atoms with van der Waals surface area (Å²) < 4.78 is 15.6. The molecule has 0 aliphatic heterocycles. The maximum atomic E-state index is 14.0. The summed E-state index contributed by atoms with van der Waals surface area (Å²) in [6.45, 7) is 1.88. The van der Waals surface area contributed by atoms with Crippen LogP contribution in [-0.4, -0.2) is 19.7 Å². The van der Waals surface area contributed by atoms with Gasteiger partial charge in [-0.05, 0) is 30.7 Å². The van der Waals surface area contributed by atoms with Gasteiger partial charge in [-0.1, -0.05) is 12.1 Å². The van der Waals surface area contributed by atoms with Crippen LogP contribution in [0.5, 0.6) is 0 Å². The Morgan fingerprint density at radius 1 is 1.25 bits per heavy atom. The predicted molar refractivity (Wildman–Crippen MR) is 86.5 cm³/mol. The maximum Gasteiger partial charge on any atom is 0.272 e. The molecular weight excluding hydrogens is 313 g/mol. The van der Waals surface area contributed by atoms with Crippen LogP contribution in [0.2, 0.25) is 0 Å². The van der Waals surface area contributed by atoms with Crippen molar-refractivity contribution >= 4 is 11.4 Å². The topological polar surface area (TPSA) is 85.9 Å². The third-order valence-corrected chi connectivity index (χ3v) is 3.61. The van der Waals surface area contributed by atoms with Crippen molar-refractivity contribution < 1.29 is 9.31 Å². The zero-order valence-corrected chi connectivity index (χ0v) is 12.8. The van der Waals surface area contributed by atoms with Gasteiger partial charge in [0, 0.05) is 12.1 Å². The Hall–Kier alpha value is -3.29. The van der Waals surface area contributed by atoms with E-state index in [-0.39, 0.29) is 17.4 Å². The van der Waals surface area contributed by atoms with E-state index >= 15 is 0 Å². The van der Waals surface area contributed by atoms with E-state index in [1.165, 1.54) is 18.5 Å². The molecule has 1 aromatic heterocycles. The Balaban J connectivity index is 1.75. The second-order valence-electron chi connectivity index (χ2n) is 5.22. The first-order valence-electron chi connectivity index (χ1n) is 7.20. The van der Waals surface area contributed by atoms with Crippen molar-refractivity contribution in [2.24, 2.45) is 0 Å². The maximum absolute atomic E-state index is 14.0. The van der Waals surface area contributed by atoms with E-state index in [1.54, 1.807) is 11.0 Å².